The Balaban J connectivity index is 1.50. The number of hydrogen-bond donors (Lipinski definition) is 2. The van der Waals surface area contributed by atoms with Gasteiger partial charge in [0, 0.05) is 31.7 Å². The third-order valence-corrected chi connectivity index (χ3v) is 5.60. The molecular formula is C19H19ClF3N5O2. The van der Waals surface area contributed by atoms with Crippen LogP contribution >= 0.6 is 11.6 Å². The minimum absolute atomic E-state index is 0.0288. The fourth-order valence-electron chi connectivity index (χ4n) is 3.69. The molecule has 0 unspecified atom stereocenters. The average molecular weight is 442 g/mol. The Labute approximate surface area is 174 Å². The van der Waals surface area contributed by atoms with Crippen LogP contribution in [0.1, 0.15) is 29.7 Å². The lowest BCUT2D eigenvalue weighted by Gasteiger charge is -2.28. The van der Waals surface area contributed by atoms with Crippen LogP contribution in [0.15, 0.2) is 23.0 Å². The molecule has 0 radical (unpaired) electrons. The zero-order valence-electron chi connectivity index (χ0n) is 15.9. The van der Waals surface area contributed by atoms with Crippen molar-refractivity contribution in [3.63, 3.8) is 0 Å². The van der Waals surface area contributed by atoms with Gasteiger partial charge in [0.25, 0.3) is 5.56 Å². The van der Waals surface area contributed by atoms with Gasteiger partial charge in [-0.3, -0.25) is 9.78 Å². The number of rotatable bonds is 2. The van der Waals surface area contributed by atoms with Gasteiger partial charge < -0.3 is 15.1 Å². The van der Waals surface area contributed by atoms with Gasteiger partial charge in [-0.2, -0.15) is 13.2 Å². The van der Waals surface area contributed by atoms with Crippen LogP contribution in [0.5, 0.6) is 0 Å². The first-order valence-corrected chi connectivity index (χ1v) is 9.90. The molecule has 2 aromatic rings. The number of alkyl halides is 3. The van der Waals surface area contributed by atoms with Crippen molar-refractivity contribution in [3.8, 4) is 0 Å². The van der Waals surface area contributed by atoms with E-state index < -0.39 is 22.8 Å². The molecule has 160 valence electrons. The minimum Gasteiger partial charge on any atom is -0.342 e. The van der Waals surface area contributed by atoms with E-state index in [0.29, 0.717) is 30.2 Å². The number of nitrogens with one attached hydrogen (secondary N) is 2. The minimum atomic E-state index is -4.63. The van der Waals surface area contributed by atoms with Crippen molar-refractivity contribution in [2.45, 2.75) is 32.0 Å². The monoisotopic (exact) mass is 441 g/mol. The maximum Gasteiger partial charge on any atom is 0.417 e. The predicted octanol–water partition coefficient (Wildman–Crippen LogP) is 3.63. The number of aromatic amines is 1. The third kappa shape index (κ3) is 4.09. The first-order chi connectivity index (χ1) is 14.2. The fraction of sp³-hybridized carbons (Fsp3) is 0.421. The zero-order valence-corrected chi connectivity index (χ0v) is 16.6. The number of halogens is 4. The Morgan fingerprint density at radius 1 is 1.20 bits per heavy atom. The summed E-state index contributed by atoms with van der Waals surface area (Å²) in [5, 5.41) is 2.00. The highest BCUT2D eigenvalue weighted by Gasteiger charge is 2.34. The normalized spacial score (nSPS) is 16.5. The molecule has 30 heavy (non-hydrogen) atoms. The van der Waals surface area contributed by atoms with E-state index in [0.717, 1.165) is 38.1 Å². The van der Waals surface area contributed by atoms with E-state index in [1.165, 1.54) is 11.0 Å². The molecule has 1 aromatic carbocycles. The van der Waals surface area contributed by atoms with E-state index in [9.17, 15) is 22.8 Å². The van der Waals surface area contributed by atoms with Crippen molar-refractivity contribution in [1.29, 1.82) is 0 Å². The van der Waals surface area contributed by atoms with E-state index in [1.807, 2.05) is 4.90 Å². The lowest BCUT2D eigenvalue weighted by atomic mass is 10.1. The van der Waals surface area contributed by atoms with Crippen LogP contribution in [0.2, 0.25) is 5.02 Å². The first-order valence-electron chi connectivity index (χ1n) is 9.52. The number of nitrogens with zero attached hydrogens (tertiary/aromatic N) is 3. The number of urea groups is 1. The fourth-order valence-corrected chi connectivity index (χ4v) is 3.91. The van der Waals surface area contributed by atoms with Crippen molar-refractivity contribution in [2.24, 2.45) is 0 Å². The van der Waals surface area contributed by atoms with Crippen molar-refractivity contribution in [2.75, 3.05) is 29.9 Å². The van der Waals surface area contributed by atoms with Gasteiger partial charge in [-0.15, -0.1) is 0 Å². The second-order valence-corrected chi connectivity index (χ2v) is 7.71. The Morgan fingerprint density at radius 3 is 2.63 bits per heavy atom. The van der Waals surface area contributed by atoms with Crippen LogP contribution in [-0.4, -0.2) is 40.5 Å². The molecule has 0 atom stereocenters. The van der Waals surface area contributed by atoms with Gasteiger partial charge in [-0.25, -0.2) is 9.78 Å². The summed E-state index contributed by atoms with van der Waals surface area (Å²) in [5.74, 6) is 0.551. The highest BCUT2D eigenvalue weighted by Crippen LogP contribution is 2.36. The molecule has 1 fully saturated rings. The summed E-state index contributed by atoms with van der Waals surface area (Å²) in [5.41, 5.74) is -0.313. The standard InChI is InChI=1S/C19H19ClF3N5O2/c20-14-4-3-11(9-13(14)19(21,22)23)24-18(30)28-8-5-15-12(10-28)16(29)26-17(25-15)27-6-1-2-7-27/h3-4,9H,1-2,5-8,10H2,(H,24,30)(H,25,26,29). The number of carbonyl (C=O) groups excluding carboxylic acids is 1. The highest BCUT2D eigenvalue weighted by atomic mass is 35.5. The average Bonchev–Trinajstić information content (AvgIpc) is 3.23. The van der Waals surface area contributed by atoms with Crippen LogP contribution in [0.4, 0.5) is 29.6 Å². The molecule has 0 saturated carbocycles. The summed E-state index contributed by atoms with van der Waals surface area (Å²) in [4.78, 5) is 35.8. The van der Waals surface area contributed by atoms with Gasteiger partial charge in [0.15, 0.2) is 0 Å². The molecule has 3 heterocycles. The lowest BCUT2D eigenvalue weighted by Crippen LogP contribution is -2.42. The van der Waals surface area contributed by atoms with Crippen LogP contribution in [0.3, 0.4) is 0 Å². The molecule has 11 heteroatoms. The molecule has 1 saturated heterocycles. The van der Waals surface area contributed by atoms with Crippen LogP contribution in [0.25, 0.3) is 0 Å². The molecule has 1 aromatic heterocycles. The van der Waals surface area contributed by atoms with Crippen molar-refractivity contribution in [3.05, 3.63) is 50.4 Å². The number of H-pyrrole nitrogens is 1. The Bertz CT molecular complexity index is 1030. The first kappa shape index (κ1) is 20.5. The van der Waals surface area contributed by atoms with Crippen molar-refractivity contribution >= 4 is 29.3 Å². The molecule has 7 nitrogen and oxygen atoms in total. The smallest absolute Gasteiger partial charge is 0.342 e. The van der Waals surface area contributed by atoms with E-state index in [-0.39, 0.29) is 17.8 Å². The van der Waals surface area contributed by atoms with Crippen LogP contribution in [0, 0.1) is 0 Å². The summed E-state index contributed by atoms with van der Waals surface area (Å²) in [7, 11) is 0. The molecular weight excluding hydrogens is 423 g/mol. The quantitative estimate of drug-likeness (QED) is 0.745. The van der Waals surface area contributed by atoms with E-state index in [4.69, 9.17) is 11.6 Å². The Kier molecular flexibility index (Phi) is 5.35. The largest absolute Gasteiger partial charge is 0.417 e. The number of benzene rings is 1. The van der Waals surface area contributed by atoms with Crippen LogP contribution in [-0.2, 0) is 19.1 Å². The molecule has 0 spiro atoms. The number of aromatic nitrogens is 2. The van der Waals surface area contributed by atoms with Gasteiger partial charge in [-0.05, 0) is 31.0 Å². The van der Waals surface area contributed by atoms with Crippen molar-refractivity contribution in [1.82, 2.24) is 14.9 Å². The molecule has 2 aliphatic heterocycles. The molecule has 4 rings (SSSR count). The van der Waals surface area contributed by atoms with Crippen LogP contribution < -0.4 is 15.8 Å². The van der Waals surface area contributed by atoms with Gasteiger partial charge in [-0.1, -0.05) is 11.6 Å². The summed E-state index contributed by atoms with van der Waals surface area (Å²) in [6.45, 7) is 2.02. The predicted molar refractivity (Wildman–Crippen MR) is 106 cm³/mol. The number of amides is 2. The number of carbonyl (C=O) groups is 1. The second kappa shape index (κ2) is 7.82. The lowest BCUT2D eigenvalue weighted by molar-refractivity contribution is -0.137. The summed E-state index contributed by atoms with van der Waals surface area (Å²) < 4.78 is 39.1. The van der Waals surface area contributed by atoms with Gasteiger partial charge >= 0.3 is 12.2 Å². The van der Waals surface area contributed by atoms with E-state index >= 15 is 0 Å². The summed E-state index contributed by atoms with van der Waals surface area (Å²) in [6, 6.07) is 2.57. The number of fused-ring (bicyclic) bond motifs is 1. The van der Waals surface area contributed by atoms with E-state index in [1.54, 1.807) is 0 Å². The molecule has 0 aliphatic carbocycles. The highest BCUT2D eigenvalue weighted by molar-refractivity contribution is 6.31. The molecule has 2 N–H and O–H groups in total. The van der Waals surface area contributed by atoms with Gasteiger partial charge in [0.1, 0.15) is 0 Å². The molecule has 2 amide bonds. The second-order valence-electron chi connectivity index (χ2n) is 7.30. The SMILES string of the molecule is O=C(Nc1ccc(Cl)c(C(F)(F)F)c1)N1CCc2nc(N3CCCC3)[nH]c(=O)c2C1. The summed E-state index contributed by atoms with van der Waals surface area (Å²) >= 11 is 5.61. The van der Waals surface area contributed by atoms with Crippen molar-refractivity contribution < 1.29 is 18.0 Å². The third-order valence-electron chi connectivity index (χ3n) is 5.27. The molecule has 0 bridgehead atoms. The van der Waals surface area contributed by atoms with Gasteiger partial charge in [0.2, 0.25) is 5.95 Å². The maximum atomic E-state index is 13.0. The number of anilines is 2. The summed E-state index contributed by atoms with van der Waals surface area (Å²) in [6.07, 6.45) is -2.14. The topological polar surface area (TPSA) is 81.3 Å². The molecule has 2 aliphatic rings. The Hall–Kier alpha value is -2.75. The Morgan fingerprint density at radius 2 is 1.93 bits per heavy atom. The zero-order chi connectivity index (χ0) is 21.5. The maximum absolute atomic E-state index is 13.0. The van der Waals surface area contributed by atoms with E-state index in [2.05, 4.69) is 15.3 Å². The van der Waals surface area contributed by atoms with Gasteiger partial charge in [0.05, 0.1) is 28.4 Å². The number of hydrogen-bond acceptors (Lipinski definition) is 4.